The van der Waals surface area contributed by atoms with E-state index in [0.29, 0.717) is 6.54 Å². The Morgan fingerprint density at radius 2 is 1.91 bits per heavy atom. The average Bonchev–Trinajstić information content (AvgIpc) is 3.01. The summed E-state index contributed by atoms with van der Waals surface area (Å²) >= 11 is 0. The summed E-state index contributed by atoms with van der Waals surface area (Å²) in [5, 5.41) is 0. The van der Waals surface area contributed by atoms with E-state index in [1.807, 2.05) is 6.07 Å². The molecule has 5 nitrogen and oxygen atoms in total. The number of amides is 1. The van der Waals surface area contributed by atoms with Crippen LogP contribution in [0.4, 0.5) is 5.69 Å². The normalized spacial score (nSPS) is 14.7. The first-order valence-corrected chi connectivity index (χ1v) is 7.46. The van der Waals surface area contributed by atoms with Crippen molar-refractivity contribution in [1.29, 1.82) is 0 Å². The van der Waals surface area contributed by atoms with Crippen LogP contribution in [-0.4, -0.2) is 50.7 Å². The molecule has 1 atom stereocenters. The van der Waals surface area contributed by atoms with Gasteiger partial charge in [0.15, 0.2) is 0 Å². The van der Waals surface area contributed by atoms with Gasteiger partial charge in [0.2, 0.25) is 5.91 Å². The lowest BCUT2D eigenvalue weighted by atomic mass is 10.1. The number of likely N-dealkylation sites (N-methyl/N-ethyl adjacent to an activating group) is 1. The first-order valence-electron chi connectivity index (χ1n) is 7.46. The third kappa shape index (κ3) is 5.84. The zero-order valence-corrected chi connectivity index (χ0v) is 15.4. The highest BCUT2D eigenvalue weighted by Gasteiger charge is 2.20. The third-order valence-corrected chi connectivity index (χ3v) is 3.89. The number of anilines is 1. The van der Waals surface area contributed by atoms with Gasteiger partial charge in [-0.25, -0.2) is 0 Å². The molecule has 2 rings (SSSR count). The first-order chi connectivity index (χ1) is 10.1. The van der Waals surface area contributed by atoms with Gasteiger partial charge in [0, 0.05) is 39.5 Å². The molecule has 7 heteroatoms. The van der Waals surface area contributed by atoms with Crippen molar-refractivity contribution >= 4 is 36.4 Å². The zero-order valence-electron chi connectivity index (χ0n) is 13.7. The highest BCUT2D eigenvalue weighted by atomic mass is 35.5. The molecule has 23 heavy (non-hydrogen) atoms. The van der Waals surface area contributed by atoms with Crippen LogP contribution in [0.15, 0.2) is 24.3 Å². The minimum Gasteiger partial charge on any atom is -0.383 e. The maximum absolute atomic E-state index is 12.2. The van der Waals surface area contributed by atoms with Crippen LogP contribution in [0.3, 0.4) is 0 Å². The lowest BCUT2D eigenvalue weighted by Crippen LogP contribution is -2.44. The van der Waals surface area contributed by atoms with Crippen LogP contribution in [-0.2, 0) is 16.1 Å². The molecule has 132 valence electrons. The maximum atomic E-state index is 12.2. The van der Waals surface area contributed by atoms with Gasteiger partial charge in [0.1, 0.15) is 6.04 Å². The quantitative estimate of drug-likeness (QED) is 0.840. The summed E-state index contributed by atoms with van der Waals surface area (Å²) in [6, 6.07) is 7.68. The lowest BCUT2D eigenvalue weighted by molar-refractivity contribution is -0.132. The Kier molecular flexibility index (Phi) is 10.2. The second-order valence-corrected chi connectivity index (χ2v) is 5.58. The van der Waals surface area contributed by atoms with Gasteiger partial charge in [0.05, 0.1) is 6.61 Å². The van der Waals surface area contributed by atoms with E-state index in [1.54, 1.807) is 19.1 Å². The number of ether oxygens (including phenoxy) is 1. The minimum atomic E-state index is -0.598. The number of carbonyl (C=O) groups is 1. The fraction of sp³-hybridized carbons (Fsp3) is 0.562. The molecule has 1 aliphatic rings. The fourth-order valence-electron chi connectivity index (χ4n) is 2.78. The van der Waals surface area contributed by atoms with Gasteiger partial charge in [-0.2, -0.15) is 0 Å². The van der Waals surface area contributed by atoms with E-state index in [2.05, 4.69) is 23.1 Å². The van der Waals surface area contributed by atoms with Crippen LogP contribution in [0.1, 0.15) is 18.4 Å². The Labute approximate surface area is 151 Å². The monoisotopic (exact) mass is 363 g/mol. The summed E-state index contributed by atoms with van der Waals surface area (Å²) in [6.45, 7) is 3.01. The van der Waals surface area contributed by atoms with Crippen molar-refractivity contribution < 1.29 is 9.53 Å². The molecule has 1 saturated heterocycles. The SMILES string of the molecule is COCC(N)C(=O)N(C)Cc1ccccc1N1CCCC1.Cl.Cl. The number of para-hydroxylation sites is 1. The van der Waals surface area contributed by atoms with Gasteiger partial charge in [-0.05, 0) is 24.5 Å². The van der Waals surface area contributed by atoms with Gasteiger partial charge in [0.25, 0.3) is 0 Å². The zero-order chi connectivity index (χ0) is 15.2. The first kappa shape index (κ1) is 22.0. The Morgan fingerprint density at radius 1 is 1.30 bits per heavy atom. The van der Waals surface area contributed by atoms with E-state index in [9.17, 15) is 4.79 Å². The molecule has 0 saturated carbocycles. The van der Waals surface area contributed by atoms with E-state index < -0.39 is 6.04 Å². The smallest absolute Gasteiger partial charge is 0.241 e. The molecule has 2 N–H and O–H groups in total. The molecule has 1 amide bonds. The summed E-state index contributed by atoms with van der Waals surface area (Å²) in [5.41, 5.74) is 8.21. The van der Waals surface area contributed by atoms with Gasteiger partial charge >= 0.3 is 0 Å². The second kappa shape index (κ2) is 10.7. The number of carbonyl (C=O) groups excluding carboxylic acids is 1. The molecule has 1 aromatic carbocycles. The van der Waals surface area contributed by atoms with Crippen molar-refractivity contribution in [3.63, 3.8) is 0 Å². The van der Waals surface area contributed by atoms with Crippen LogP contribution < -0.4 is 10.6 Å². The second-order valence-electron chi connectivity index (χ2n) is 5.58. The van der Waals surface area contributed by atoms with Crippen LogP contribution in [0.25, 0.3) is 0 Å². The fourth-order valence-corrected chi connectivity index (χ4v) is 2.78. The number of nitrogens with zero attached hydrogens (tertiary/aromatic N) is 2. The third-order valence-electron chi connectivity index (χ3n) is 3.89. The molecule has 0 radical (unpaired) electrons. The van der Waals surface area contributed by atoms with Gasteiger partial charge < -0.3 is 20.3 Å². The number of benzene rings is 1. The Bertz CT molecular complexity index is 482. The minimum absolute atomic E-state index is 0. The van der Waals surface area contributed by atoms with Crippen LogP contribution in [0, 0.1) is 0 Å². The topological polar surface area (TPSA) is 58.8 Å². The number of methoxy groups -OCH3 is 1. The molecule has 0 spiro atoms. The van der Waals surface area contributed by atoms with E-state index in [0.717, 1.165) is 13.1 Å². The van der Waals surface area contributed by atoms with Crippen molar-refractivity contribution in [3.05, 3.63) is 29.8 Å². The number of hydrogen-bond acceptors (Lipinski definition) is 4. The largest absolute Gasteiger partial charge is 0.383 e. The van der Waals surface area contributed by atoms with Crippen LogP contribution >= 0.6 is 24.8 Å². The summed E-state index contributed by atoms with van der Waals surface area (Å²) < 4.78 is 4.95. The average molecular weight is 364 g/mol. The highest BCUT2D eigenvalue weighted by Crippen LogP contribution is 2.25. The van der Waals surface area contributed by atoms with Crippen LogP contribution in [0.5, 0.6) is 0 Å². The molecule has 0 aromatic heterocycles. The number of hydrogen-bond donors (Lipinski definition) is 1. The molecular formula is C16H27Cl2N3O2. The number of nitrogens with two attached hydrogens (primary N) is 1. The Hall–Kier alpha value is -1.01. The molecule has 0 bridgehead atoms. The van der Waals surface area contributed by atoms with E-state index in [4.69, 9.17) is 10.5 Å². The highest BCUT2D eigenvalue weighted by molar-refractivity contribution is 5.85. The van der Waals surface area contributed by atoms with E-state index in [-0.39, 0.29) is 37.3 Å². The summed E-state index contributed by atoms with van der Waals surface area (Å²) in [4.78, 5) is 16.2. The van der Waals surface area contributed by atoms with Crippen molar-refractivity contribution in [2.45, 2.75) is 25.4 Å². The summed E-state index contributed by atoms with van der Waals surface area (Å²) in [6.07, 6.45) is 2.48. The molecular weight excluding hydrogens is 337 g/mol. The van der Waals surface area contributed by atoms with Crippen molar-refractivity contribution in [2.75, 3.05) is 38.8 Å². The molecule has 1 heterocycles. The molecule has 0 aliphatic carbocycles. The summed E-state index contributed by atoms with van der Waals surface area (Å²) in [7, 11) is 3.34. The molecule has 1 aliphatic heterocycles. The van der Waals surface area contributed by atoms with Crippen molar-refractivity contribution in [1.82, 2.24) is 4.90 Å². The number of halogens is 2. The Balaban J connectivity index is 0.00000242. The van der Waals surface area contributed by atoms with E-state index >= 15 is 0 Å². The van der Waals surface area contributed by atoms with Crippen molar-refractivity contribution in [3.8, 4) is 0 Å². The molecule has 1 aromatic rings. The lowest BCUT2D eigenvalue weighted by Gasteiger charge is -2.25. The van der Waals surface area contributed by atoms with Gasteiger partial charge in [-0.1, -0.05) is 18.2 Å². The molecule has 1 unspecified atom stereocenters. The van der Waals surface area contributed by atoms with Crippen LogP contribution in [0.2, 0.25) is 0 Å². The standard InChI is InChI=1S/C16H25N3O2.2ClH/c1-18(16(20)14(17)12-21-2)11-13-7-3-4-8-15(13)19-9-5-6-10-19;;/h3-4,7-8,14H,5-6,9-12,17H2,1-2H3;2*1H. The maximum Gasteiger partial charge on any atom is 0.241 e. The predicted octanol–water partition coefficient (Wildman–Crippen LogP) is 2.06. The predicted molar refractivity (Wildman–Crippen MR) is 98.7 cm³/mol. The van der Waals surface area contributed by atoms with E-state index in [1.165, 1.54) is 24.1 Å². The molecule has 1 fully saturated rings. The van der Waals surface area contributed by atoms with Gasteiger partial charge in [-0.3, -0.25) is 4.79 Å². The summed E-state index contributed by atoms with van der Waals surface area (Å²) in [5.74, 6) is -0.0897. The van der Waals surface area contributed by atoms with Crippen molar-refractivity contribution in [2.24, 2.45) is 5.73 Å². The Morgan fingerprint density at radius 3 is 2.52 bits per heavy atom. The van der Waals surface area contributed by atoms with Gasteiger partial charge in [-0.15, -0.1) is 24.8 Å². The number of rotatable bonds is 6.